The van der Waals surface area contributed by atoms with E-state index in [2.05, 4.69) is 24.8 Å². The zero-order chi connectivity index (χ0) is 16.9. The Bertz CT molecular complexity index is 707. The lowest BCUT2D eigenvalue weighted by molar-refractivity contribution is 0.380. The minimum absolute atomic E-state index is 0.479. The molecular weight excluding hydrogens is 324 g/mol. The Morgan fingerprint density at radius 2 is 1.88 bits per heavy atom. The third-order valence-electron chi connectivity index (χ3n) is 4.03. The summed E-state index contributed by atoms with van der Waals surface area (Å²) in [4.78, 5) is 17.3. The molecule has 1 aromatic heterocycles. The molecule has 1 saturated heterocycles. The number of aryl methyl sites for hydroxylation is 1. The Balaban J connectivity index is 1.55. The number of nitrogens with two attached hydrogens (primary N) is 1. The lowest BCUT2D eigenvalue weighted by Crippen LogP contribution is -2.51. The van der Waals surface area contributed by atoms with E-state index >= 15 is 0 Å². The summed E-state index contributed by atoms with van der Waals surface area (Å²) in [5.74, 6) is 1.32. The molecule has 126 valence electrons. The number of rotatable bonds is 3. The van der Waals surface area contributed by atoms with Crippen LogP contribution in [0, 0.1) is 6.92 Å². The minimum Gasteiger partial charge on any atom is -0.370 e. The molecule has 0 bridgehead atoms. The molecule has 1 aromatic carbocycles. The second kappa shape index (κ2) is 7.49. The van der Waals surface area contributed by atoms with Gasteiger partial charge >= 0.3 is 0 Å². The summed E-state index contributed by atoms with van der Waals surface area (Å²) in [6.45, 7) is 5.86. The number of guanidine groups is 1. The van der Waals surface area contributed by atoms with Gasteiger partial charge in [0.05, 0.1) is 12.2 Å². The number of aromatic nitrogens is 2. The van der Waals surface area contributed by atoms with Gasteiger partial charge in [0.1, 0.15) is 5.82 Å². The van der Waals surface area contributed by atoms with Crippen LogP contribution in [0.2, 0.25) is 5.02 Å². The predicted octanol–water partition coefficient (Wildman–Crippen LogP) is 2.08. The minimum atomic E-state index is 0.479. The molecule has 0 amide bonds. The fourth-order valence-corrected chi connectivity index (χ4v) is 2.83. The van der Waals surface area contributed by atoms with Crippen LogP contribution in [0.3, 0.4) is 0 Å². The van der Waals surface area contributed by atoms with E-state index in [1.807, 2.05) is 37.3 Å². The molecule has 1 aliphatic rings. The van der Waals surface area contributed by atoms with E-state index in [4.69, 9.17) is 17.3 Å². The summed E-state index contributed by atoms with van der Waals surface area (Å²) in [6.07, 6.45) is 1.74. The van der Waals surface area contributed by atoms with Crippen LogP contribution in [0.25, 0.3) is 0 Å². The van der Waals surface area contributed by atoms with Gasteiger partial charge in [0.2, 0.25) is 0 Å². The molecule has 2 aromatic rings. The van der Waals surface area contributed by atoms with Gasteiger partial charge in [0.25, 0.3) is 0 Å². The summed E-state index contributed by atoms with van der Waals surface area (Å²) in [7, 11) is 0. The van der Waals surface area contributed by atoms with Crippen LogP contribution < -0.4 is 10.6 Å². The molecule has 3 rings (SSSR count). The van der Waals surface area contributed by atoms with E-state index in [9.17, 15) is 0 Å². The predicted molar refractivity (Wildman–Crippen MR) is 97.3 cm³/mol. The van der Waals surface area contributed by atoms with Crippen molar-refractivity contribution in [2.24, 2.45) is 10.7 Å². The molecule has 0 unspecified atom stereocenters. The topological polar surface area (TPSA) is 70.6 Å². The number of benzene rings is 1. The molecule has 2 heterocycles. The molecule has 0 atom stereocenters. The number of piperazine rings is 1. The highest BCUT2D eigenvalue weighted by molar-refractivity contribution is 6.30. The monoisotopic (exact) mass is 344 g/mol. The SMILES string of the molecule is Cc1nccc(CN=C(N)N2CCN(c3ccc(Cl)cc3)CC2)n1. The van der Waals surface area contributed by atoms with E-state index in [1.54, 1.807) is 6.20 Å². The molecular formula is C17H21ClN6. The number of anilines is 1. The van der Waals surface area contributed by atoms with Gasteiger partial charge in [-0.2, -0.15) is 0 Å². The van der Waals surface area contributed by atoms with Gasteiger partial charge in [-0.05, 0) is 37.3 Å². The van der Waals surface area contributed by atoms with Crippen molar-refractivity contribution in [3.8, 4) is 0 Å². The average Bonchev–Trinajstić information content (AvgIpc) is 2.61. The standard InChI is InChI=1S/C17H21ClN6/c1-13-20-7-6-15(22-13)12-21-17(19)24-10-8-23(9-11-24)16-4-2-14(18)3-5-16/h2-7H,8-12H2,1H3,(H2,19,21). The van der Waals surface area contributed by atoms with E-state index in [0.29, 0.717) is 12.5 Å². The number of hydrogen-bond acceptors (Lipinski definition) is 4. The van der Waals surface area contributed by atoms with Crippen molar-refractivity contribution in [2.75, 3.05) is 31.1 Å². The molecule has 0 spiro atoms. The lowest BCUT2D eigenvalue weighted by Gasteiger charge is -2.36. The van der Waals surface area contributed by atoms with Crippen LogP contribution in [0.1, 0.15) is 11.5 Å². The van der Waals surface area contributed by atoms with Crippen molar-refractivity contribution in [2.45, 2.75) is 13.5 Å². The van der Waals surface area contributed by atoms with Gasteiger partial charge in [-0.1, -0.05) is 11.6 Å². The Kier molecular flexibility index (Phi) is 5.15. The van der Waals surface area contributed by atoms with E-state index in [0.717, 1.165) is 42.7 Å². The fourth-order valence-electron chi connectivity index (χ4n) is 2.70. The molecule has 1 aliphatic heterocycles. The van der Waals surface area contributed by atoms with Crippen LogP contribution in [0.4, 0.5) is 5.69 Å². The maximum atomic E-state index is 6.13. The Hall–Kier alpha value is -2.34. The fraction of sp³-hybridized carbons (Fsp3) is 0.353. The summed E-state index contributed by atoms with van der Waals surface area (Å²) in [5, 5.41) is 0.758. The van der Waals surface area contributed by atoms with Crippen LogP contribution in [0.5, 0.6) is 0 Å². The maximum absolute atomic E-state index is 6.13. The molecule has 0 saturated carbocycles. The number of hydrogen-bond donors (Lipinski definition) is 1. The highest BCUT2D eigenvalue weighted by atomic mass is 35.5. The lowest BCUT2D eigenvalue weighted by atomic mass is 10.2. The van der Waals surface area contributed by atoms with E-state index < -0.39 is 0 Å². The van der Waals surface area contributed by atoms with Crippen LogP contribution in [-0.2, 0) is 6.54 Å². The third kappa shape index (κ3) is 4.14. The first-order valence-corrected chi connectivity index (χ1v) is 8.33. The van der Waals surface area contributed by atoms with Crippen molar-refractivity contribution in [1.29, 1.82) is 0 Å². The smallest absolute Gasteiger partial charge is 0.191 e. The second-order valence-corrected chi connectivity index (χ2v) is 6.16. The van der Waals surface area contributed by atoms with Gasteiger partial charge in [0, 0.05) is 43.1 Å². The normalized spacial score (nSPS) is 15.7. The Labute approximate surface area is 147 Å². The molecule has 0 radical (unpaired) electrons. The van der Waals surface area contributed by atoms with Crippen molar-refractivity contribution in [1.82, 2.24) is 14.9 Å². The first kappa shape index (κ1) is 16.5. The highest BCUT2D eigenvalue weighted by Gasteiger charge is 2.18. The first-order valence-electron chi connectivity index (χ1n) is 7.96. The van der Waals surface area contributed by atoms with E-state index in [1.165, 1.54) is 5.69 Å². The van der Waals surface area contributed by atoms with Gasteiger partial charge < -0.3 is 15.5 Å². The van der Waals surface area contributed by atoms with Crippen LogP contribution >= 0.6 is 11.6 Å². The first-order chi connectivity index (χ1) is 11.6. The molecule has 2 N–H and O–H groups in total. The summed E-state index contributed by atoms with van der Waals surface area (Å²) >= 11 is 5.94. The largest absolute Gasteiger partial charge is 0.370 e. The number of aliphatic imine (C=N–C) groups is 1. The van der Waals surface area contributed by atoms with Crippen LogP contribution in [-0.4, -0.2) is 47.0 Å². The summed E-state index contributed by atoms with van der Waals surface area (Å²) < 4.78 is 0. The molecule has 6 nitrogen and oxygen atoms in total. The molecule has 24 heavy (non-hydrogen) atoms. The Morgan fingerprint density at radius 1 is 1.17 bits per heavy atom. The van der Waals surface area contributed by atoms with E-state index in [-0.39, 0.29) is 0 Å². The zero-order valence-electron chi connectivity index (χ0n) is 13.7. The van der Waals surface area contributed by atoms with Crippen molar-refractivity contribution in [3.63, 3.8) is 0 Å². The zero-order valence-corrected chi connectivity index (χ0v) is 14.4. The molecule has 7 heteroatoms. The van der Waals surface area contributed by atoms with Crippen LogP contribution in [0.15, 0.2) is 41.5 Å². The van der Waals surface area contributed by atoms with Gasteiger partial charge in [0.15, 0.2) is 5.96 Å². The van der Waals surface area contributed by atoms with Gasteiger partial charge in [-0.3, -0.25) is 0 Å². The number of halogens is 1. The average molecular weight is 345 g/mol. The van der Waals surface area contributed by atoms with Gasteiger partial charge in [-0.25, -0.2) is 15.0 Å². The van der Waals surface area contributed by atoms with Crippen molar-refractivity contribution < 1.29 is 0 Å². The second-order valence-electron chi connectivity index (χ2n) is 5.72. The highest BCUT2D eigenvalue weighted by Crippen LogP contribution is 2.19. The summed E-state index contributed by atoms with van der Waals surface area (Å²) in [6, 6.07) is 9.80. The third-order valence-corrected chi connectivity index (χ3v) is 4.28. The summed E-state index contributed by atoms with van der Waals surface area (Å²) in [5.41, 5.74) is 8.20. The van der Waals surface area contributed by atoms with Crippen molar-refractivity contribution >= 4 is 23.2 Å². The maximum Gasteiger partial charge on any atom is 0.191 e. The van der Waals surface area contributed by atoms with Crippen molar-refractivity contribution in [3.05, 3.63) is 53.1 Å². The quantitative estimate of drug-likeness (QED) is 0.682. The number of nitrogens with zero attached hydrogens (tertiary/aromatic N) is 5. The molecule has 1 fully saturated rings. The Morgan fingerprint density at radius 3 is 2.54 bits per heavy atom. The van der Waals surface area contributed by atoms with Gasteiger partial charge in [-0.15, -0.1) is 0 Å². The molecule has 0 aliphatic carbocycles.